The first-order valence-electron chi connectivity index (χ1n) is 5.96. The molecule has 1 aromatic rings. The number of hydrogen-bond acceptors (Lipinski definition) is 5. The largest absolute Gasteiger partial charge is 0.463 e. The number of carbonyl (C=O) groups is 1. The maximum atomic E-state index is 11.3. The molecule has 6 heteroatoms. The molecule has 1 aliphatic rings. The molecule has 1 heterocycles. The molecule has 1 atom stereocenters. The Kier molecular flexibility index (Phi) is 3.76. The monoisotopic (exact) mass is 258 g/mol. The van der Waals surface area contributed by atoms with E-state index in [1.807, 2.05) is 19.1 Å². The van der Waals surface area contributed by atoms with Gasteiger partial charge in [0.05, 0.1) is 19.2 Å². The van der Waals surface area contributed by atoms with Gasteiger partial charge in [-0.15, -0.1) is 5.10 Å². The SMILES string of the molecule is COC(=O)c1ncn(C(C)C2=CC(C#N)=CCC2)n1. The van der Waals surface area contributed by atoms with E-state index >= 15 is 0 Å². The number of esters is 1. The van der Waals surface area contributed by atoms with Gasteiger partial charge in [0.25, 0.3) is 5.82 Å². The van der Waals surface area contributed by atoms with Crippen LogP contribution in [0.2, 0.25) is 0 Å². The molecule has 98 valence electrons. The predicted octanol–water partition coefficient (Wildman–Crippen LogP) is 1.80. The smallest absolute Gasteiger partial charge is 0.377 e. The number of ether oxygens (including phenoxy) is 1. The van der Waals surface area contributed by atoms with Crippen LogP contribution in [0.3, 0.4) is 0 Å². The van der Waals surface area contributed by atoms with E-state index in [0.717, 1.165) is 18.4 Å². The van der Waals surface area contributed by atoms with Crippen molar-refractivity contribution in [3.05, 3.63) is 35.4 Å². The van der Waals surface area contributed by atoms with E-state index in [1.165, 1.54) is 13.4 Å². The third kappa shape index (κ3) is 2.71. The van der Waals surface area contributed by atoms with E-state index < -0.39 is 5.97 Å². The first kappa shape index (κ1) is 13.0. The highest BCUT2D eigenvalue weighted by molar-refractivity contribution is 5.84. The highest BCUT2D eigenvalue weighted by atomic mass is 16.5. The summed E-state index contributed by atoms with van der Waals surface area (Å²) >= 11 is 0. The van der Waals surface area contributed by atoms with Crippen LogP contribution in [0.5, 0.6) is 0 Å². The third-order valence-corrected chi connectivity index (χ3v) is 3.08. The number of nitriles is 1. The average molecular weight is 258 g/mol. The summed E-state index contributed by atoms with van der Waals surface area (Å²) in [6.07, 6.45) is 7.00. The molecule has 0 saturated heterocycles. The van der Waals surface area contributed by atoms with Crippen LogP contribution in [0.1, 0.15) is 36.4 Å². The highest BCUT2D eigenvalue weighted by Gasteiger charge is 2.18. The number of aromatic nitrogens is 3. The molecule has 0 N–H and O–H groups in total. The van der Waals surface area contributed by atoms with Crippen LogP contribution < -0.4 is 0 Å². The molecule has 0 aliphatic heterocycles. The molecule has 1 aliphatic carbocycles. The van der Waals surface area contributed by atoms with Crippen molar-refractivity contribution in [1.82, 2.24) is 14.8 Å². The van der Waals surface area contributed by atoms with E-state index in [-0.39, 0.29) is 11.9 Å². The van der Waals surface area contributed by atoms with Crippen molar-refractivity contribution < 1.29 is 9.53 Å². The Morgan fingerprint density at radius 3 is 3.11 bits per heavy atom. The standard InChI is InChI=1S/C13H14N4O2/c1-9(11-5-3-4-10(6-11)7-14)17-8-15-12(16-17)13(18)19-2/h4,6,8-9H,3,5H2,1-2H3. The van der Waals surface area contributed by atoms with Gasteiger partial charge in [-0.25, -0.2) is 14.5 Å². The fourth-order valence-corrected chi connectivity index (χ4v) is 1.95. The third-order valence-electron chi connectivity index (χ3n) is 3.08. The lowest BCUT2D eigenvalue weighted by Crippen LogP contribution is -2.12. The minimum Gasteiger partial charge on any atom is -0.463 e. The van der Waals surface area contributed by atoms with Crippen LogP contribution in [0.25, 0.3) is 0 Å². The Balaban J connectivity index is 2.21. The molecule has 0 aromatic carbocycles. The summed E-state index contributed by atoms with van der Waals surface area (Å²) in [4.78, 5) is 15.2. The number of carbonyl (C=O) groups excluding carboxylic acids is 1. The van der Waals surface area contributed by atoms with Crippen molar-refractivity contribution in [2.45, 2.75) is 25.8 Å². The Bertz CT molecular complexity index is 592. The summed E-state index contributed by atoms with van der Waals surface area (Å²) in [7, 11) is 1.29. The second kappa shape index (κ2) is 5.48. The molecule has 0 spiro atoms. The zero-order valence-corrected chi connectivity index (χ0v) is 10.8. The Labute approximate surface area is 111 Å². The van der Waals surface area contributed by atoms with Crippen molar-refractivity contribution in [3.63, 3.8) is 0 Å². The van der Waals surface area contributed by atoms with E-state index in [9.17, 15) is 4.79 Å². The molecule has 1 unspecified atom stereocenters. The van der Waals surface area contributed by atoms with E-state index in [4.69, 9.17) is 5.26 Å². The van der Waals surface area contributed by atoms with Crippen LogP contribution in [0.4, 0.5) is 0 Å². The molecule has 0 amide bonds. The summed E-state index contributed by atoms with van der Waals surface area (Å²) in [6.45, 7) is 1.96. The fourth-order valence-electron chi connectivity index (χ4n) is 1.95. The average Bonchev–Trinajstić information content (AvgIpc) is 2.95. The lowest BCUT2D eigenvalue weighted by Gasteiger charge is -2.18. The first-order valence-corrected chi connectivity index (χ1v) is 5.96. The summed E-state index contributed by atoms with van der Waals surface area (Å²) in [5, 5.41) is 13.0. The number of rotatable bonds is 3. The summed E-state index contributed by atoms with van der Waals surface area (Å²) in [5.41, 5.74) is 1.77. The number of hydrogen-bond donors (Lipinski definition) is 0. The lowest BCUT2D eigenvalue weighted by molar-refractivity contribution is 0.0586. The Morgan fingerprint density at radius 1 is 1.63 bits per heavy atom. The van der Waals surface area contributed by atoms with Gasteiger partial charge >= 0.3 is 5.97 Å². The van der Waals surface area contributed by atoms with E-state index in [2.05, 4.69) is 20.9 Å². The molecule has 0 saturated carbocycles. The second-order valence-electron chi connectivity index (χ2n) is 4.24. The van der Waals surface area contributed by atoms with E-state index in [0.29, 0.717) is 5.57 Å². The normalized spacial score (nSPS) is 16.1. The number of allylic oxidation sites excluding steroid dienone is 4. The summed E-state index contributed by atoms with van der Waals surface area (Å²) < 4.78 is 6.17. The zero-order chi connectivity index (χ0) is 13.8. The van der Waals surface area contributed by atoms with Crippen LogP contribution in [0, 0.1) is 11.3 Å². The predicted molar refractivity (Wildman–Crippen MR) is 67.1 cm³/mol. The Morgan fingerprint density at radius 2 is 2.42 bits per heavy atom. The van der Waals surface area contributed by atoms with Gasteiger partial charge in [0.15, 0.2) is 0 Å². The van der Waals surface area contributed by atoms with Gasteiger partial charge in [-0.05, 0) is 31.4 Å². The molecule has 0 bridgehead atoms. The molecule has 1 aromatic heterocycles. The molecular weight excluding hydrogens is 244 g/mol. The molecule has 19 heavy (non-hydrogen) atoms. The zero-order valence-electron chi connectivity index (χ0n) is 10.8. The van der Waals surface area contributed by atoms with Crippen molar-refractivity contribution in [2.75, 3.05) is 7.11 Å². The van der Waals surface area contributed by atoms with Gasteiger partial charge in [0.2, 0.25) is 0 Å². The number of methoxy groups -OCH3 is 1. The molecule has 0 fully saturated rings. The van der Waals surface area contributed by atoms with Gasteiger partial charge < -0.3 is 4.74 Å². The van der Waals surface area contributed by atoms with Gasteiger partial charge in [-0.1, -0.05) is 6.08 Å². The van der Waals surface area contributed by atoms with Gasteiger partial charge in [-0.2, -0.15) is 5.26 Å². The minimum absolute atomic E-state index is 0.0389. The summed E-state index contributed by atoms with van der Waals surface area (Å²) in [5.74, 6) is -0.511. The topological polar surface area (TPSA) is 80.8 Å². The van der Waals surface area contributed by atoms with Crippen molar-refractivity contribution >= 4 is 5.97 Å². The van der Waals surface area contributed by atoms with Crippen LogP contribution >= 0.6 is 0 Å². The second-order valence-corrected chi connectivity index (χ2v) is 4.24. The number of nitrogens with zero attached hydrogens (tertiary/aromatic N) is 4. The van der Waals surface area contributed by atoms with E-state index in [1.54, 1.807) is 4.68 Å². The molecule has 0 radical (unpaired) electrons. The highest BCUT2D eigenvalue weighted by Crippen LogP contribution is 2.26. The van der Waals surface area contributed by atoms with Crippen LogP contribution in [-0.2, 0) is 4.74 Å². The lowest BCUT2D eigenvalue weighted by atomic mass is 9.95. The minimum atomic E-state index is -0.554. The maximum absolute atomic E-state index is 11.3. The van der Waals surface area contributed by atoms with Gasteiger partial charge in [-0.3, -0.25) is 0 Å². The maximum Gasteiger partial charge on any atom is 0.377 e. The molecular formula is C13H14N4O2. The quantitative estimate of drug-likeness (QED) is 0.772. The first-order chi connectivity index (χ1) is 9.15. The van der Waals surface area contributed by atoms with Gasteiger partial charge in [0.1, 0.15) is 6.33 Å². The van der Waals surface area contributed by atoms with Crippen molar-refractivity contribution in [3.8, 4) is 6.07 Å². The summed E-state index contributed by atoms with van der Waals surface area (Å²) in [6, 6.07) is 2.10. The van der Waals surface area contributed by atoms with Crippen LogP contribution in [0.15, 0.2) is 29.6 Å². The Hall–Kier alpha value is -2.42. The molecule has 6 nitrogen and oxygen atoms in total. The molecule has 2 rings (SSSR count). The van der Waals surface area contributed by atoms with Crippen molar-refractivity contribution in [1.29, 1.82) is 5.26 Å². The van der Waals surface area contributed by atoms with Crippen LogP contribution in [-0.4, -0.2) is 27.8 Å². The van der Waals surface area contributed by atoms with Crippen molar-refractivity contribution in [2.24, 2.45) is 0 Å². The van der Waals surface area contributed by atoms with Gasteiger partial charge in [0, 0.05) is 5.57 Å². The fraction of sp³-hybridized carbons (Fsp3) is 0.385.